The molecule has 6 nitrogen and oxygen atoms in total. The minimum absolute atomic E-state index is 0.107. The van der Waals surface area contributed by atoms with Crippen LogP contribution in [0.3, 0.4) is 0 Å². The van der Waals surface area contributed by atoms with Gasteiger partial charge in [-0.2, -0.15) is 0 Å². The second-order valence-electron chi connectivity index (χ2n) is 5.18. The fourth-order valence-corrected chi connectivity index (χ4v) is 2.67. The minimum Gasteiger partial charge on any atom is -0.358 e. The number of hydrogen-bond acceptors (Lipinski definition) is 4. The highest BCUT2D eigenvalue weighted by molar-refractivity contribution is 5.18. The lowest BCUT2D eigenvalue weighted by atomic mass is 10.1. The van der Waals surface area contributed by atoms with Gasteiger partial charge in [-0.25, -0.2) is 9.55 Å². The maximum atomic E-state index is 10.9. The van der Waals surface area contributed by atoms with Gasteiger partial charge in [-0.1, -0.05) is 6.42 Å². The first-order valence-corrected chi connectivity index (χ1v) is 7.07. The van der Waals surface area contributed by atoms with Crippen molar-refractivity contribution in [2.45, 2.75) is 45.6 Å². The first kappa shape index (κ1) is 14.0. The molecular formula is C13H22N4O2. The number of imidazole rings is 1. The van der Waals surface area contributed by atoms with E-state index in [1.807, 2.05) is 6.92 Å². The molecule has 0 spiro atoms. The summed E-state index contributed by atoms with van der Waals surface area (Å²) in [5.74, 6) is 0.833. The van der Waals surface area contributed by atoms with E-state index in [4.69, 9.17) is 0 Å². The summed E-state index contributed by atoms with van der Waals surface area (Å²) in [7, 11) is 0. The molecule has 1 fully saturated rings. The molecule has 1 saturated heterocycles. The molecule has 0 unspecified atom stereocenters. The van der Waals surface area contributed by atoms with Gasteiger partial charge < -0.3 is 15.0 Å². The number of unbranched alkanes of at least 4 members (excludes halogenated alkanes) is 1. The number of hydrogen-bond donors (Lipinski definition) is 0. The standard InChI is InChI=1S/C13H22N4O2/c1-12-14-11-13(17(18)19)16(12)10-6-5-9-15-7-3-2-4-8-15/h11H,2-10H2,1H3. The number of piperidine rings is 1. The molecule has 6 heteroatoms. The Morgan fingerprint density at radius 2 is 1.95 bits per heavy atom. The topological polar surface area (TPSA) is 64.2 Å². The van der Waals surface area contributed by atoms with Gasteiger partial charge in [0, 0.05) is 6.92 Å². The molecular weight excluding hydrogens is 244 g/mol. The molecule has 1 aliphatic rings. The van der Waals surface area contributed by atoms with Gasteiger partial charge >= 0.3 is 5.82 Å². The van der Waals surface area contributed by atoms with Crippen molar-refractivity contribution in [3.63, 3.8) is 0 Å². The van der Waals surface area contributed by atoms with Crippen molar-refractivity contribution >= 4 is 5.82 Å². The fraction of sp³-hybridized carbons (Fsp3) is 0.769. The van der Waals surface area contributed by atoms with Gasteiger partial charge in [0.1, 0.15) is 6.20 Å². The number of aryl methyl sites for hydroxylation is 1. The Bertz CT molecular complexity index is 424. The zero-order valence-electron chi connectivity index (χ0n) is 11.5. The van der Waals surface area contributed by atoms with Gasteiger partial charge in [0.15, 0.2) is 5.82 Å². The van der Waals surface area contributed by atoms with E-state index in [2.05, 4.69) is 9.88 Å². The van der Waals surface area contributed by atoms with E-state index >= 15 is 0 Å². The fourth-order valence-electron chi connectivity index (χ4n) is 2.67. The molecule has 0 radical (unpaired) electrons. The predicted molar refractivity (Wildman–Crippen MR) is 73.1 cm³/mol. The van der Waals surface area contributed by atoms with Gasteiger partial charge in [0.05, 0.1) is 6.54 Å². The van der Waals surface area contributed by atoms with E-state index in [0.717, 1.165) is 25.2 Å². The second kappa shape index (κ2) is 6.65. The van der Waals surface area contributed by atoms with Gasteiger partial charge in [0.25, 0.3) is 0 Å². The lowest BCUT2D eigenvalue weighted by Crippen LogP contribution is -2.30. The largest absolute Gasteiger partial charge is 0.358 e. The van der Waals surface area contributed by atoms with Crippen molar-refractivity contribution in [2.75, 3.05) is 19.6 Å². The molecule has 0 amide bonds. The zero-order chi connectivity index (χ0) is 13.7. The average Bonchev–Trinajstić information content (AvgIpc) is 2.77. The van der Waals surface area contributed by atoms with E-state index in [-0.39, 0.29) is 10.7 Å². The lowest BCUT2D eigenvalue weighted by molar-refractivity contribution is -0.392. The summed E-state index contributed by atoms with van der Waals surface area (Å²) in [5.41, 5.74) is 0. The lowest BCUT2D eigenvalue weighted by Gasteiger charge is -2.26. The van der Waals surface area contributed by atoms with Crippen LogP contribution in [-0.4, -0.2) is 39.0 Å². The van der Waals surface area contributed by atoms with Crippen molar-refractivity contribution in [3.8, 4) is 0 Å². The monoisotopic (exact) mass is 266 g/mol. The van der Waals surface area contributed by atoms with Crippen LogP contribution < -0.4 is 0 Å². The van der Waals surface area contributed by atoms with E-state index < -0.39 is 0 Å². The van der Waals surface area contributed by atoms with E-state index in [9.17, 15) is 10.1 Å². The number of nitro groups is 1. The van der Waals surface area contributed by atoms with Crippen molar-refractivity contribution in [1.29, 1.82) is 0 Å². The second-order valence-corrected chi connectivity index (χ2v) is 5.18. The summed E-state index contributed by atoms with van der Waals surface area (Å²) in [6, 6.07) is 0. The van der Waals surface area contributed by atoms with Crippen molar-refractivity contribution in [3.05, 3.63) is 22.1 Å². The third-order valence-electron chi connectivity index (χ3n) is 3.78. The Morgan fingerprint density at radius 1 is 1.26 bits per heavy atom. The van der Waals surface area contributed by atoms with E-state index in [0.29, 0.717) is 6.54 Å². The third-order valence-corrected chi connectivity index (χ3v) is 3.78. The smallest absolute Gasteiger partial charge is 0.342 e. The Kier molecular flexibility index (Phi) is 4.90. The molecule has 0 N–H and O–H groups in total. The van der Waals surface area contributed by atoms with Crippen LogP contribution in [0, 0.1) is 17.0 Å². The van der Waals surface area contributed by atoms with Gasteiger partial charge in [0.2, 0.25) is 0 Å². The maximum absolute atomic E-state index is 10.9. The zero-order valence-corrected chi connectivity index (χ0v) is 11.5. The predicted octanol–water partition coefficient (Wildman–Crippen LogP) is 2.37. The van der Waals surface area contributed by atoms with Crippen LogP contribution in [0.4, 0.5) is 5.82 Å². The summed E-state index contributed by atoms with van der Waals surface area (Å²) in [4.78, 5) is 17.0. The van der Waals surface area contributed by atoms with Crippen LogP contribution in [0.15, 0.2) is 6.20 Å². The van der Waals surface area contributed by atoms with Crippen LogP contribution >= 0.6 is 0 Å². The molecule has 0 atom stereocenters. The summed E-state index contributed by atoms with van der Waals surface area (Å²) in [5, 5.41) is 10.9. The summed E-state index contributed by atoms with van der Waals surface area (Å²) in [6.07, 6.45) is 7.39. The quantitative estimate of drug-likeness (QED) is 0.450. The minimum atomic E-state index is -0.357. The Morgan fingerprint density at radius 3 is 2.63 bits per heavy atom. The van der Waals surface area contributed by atoms with Crippen LogP contribution in [0.2, 0.25) is 0 Å². The summed E-state index contributed by atoms with van der Waals surface area (Å²) < 4.78 is 1.70. The highest BCUT2D eigenvalue weighted by atomic mass is 16.6. The molecule has 0 saturated carbocycles. The normalized spacial score (nSPS) is 16.7. The molecule has 1 aromatic heterocycles. The van der Waals surface area contributed by atoms with Gasteiger partial charge in [-0.15, -0.1) is 0 Å². The SMILES string of the molecule is Cc1ncc([N+](=O)[O-])n1CCCCN1CCCCC1. The Balaban J connectivity index is 1.76. The number of rotatable bonds is 6. The number of aromatic nitrogens is 2. The summed E-state index contributed by atoms with van der Waals surface area (Å²) in [6.45, 7) is 6.05. The molecule has 2 rings (SSSR count). The molecule has 1 aromatic rings. The summed E-state index contributed by atoms with van der Waals surface area (Å²) >= 11 is 0. The Hall–Kier alpha value is -1.43. The molecule has 1 aliphatic heterocycles. The van der Waals surface area contributed by atoms with Crippen molar-refractivity contribution < 1.29 is 4.92 Å². The van der Waals surface area contributed by atoms with Crippen molar-refractivity contribution in [2.24, 2.45) is 0 Å². The molecule has 106 valence electrons. The highest BCUT2D eigenvalue weighted by Crippen LogP contribution is 2.15. The number of likely N-dealkylation sites (tertiary alicyclic amines) is 1. The van der Waals surface area contributed by atoms with Gasteiger partial charge in [-0.3, -0.25) is 0 Å². The maximum Gasteiger partial charge on any atom is 0.342 e. The first-order chi connectivity index (χ1) is 9.18. The highest BCUT2D eigenvalue weighted by Gasteiger charge is 2.16. The average molecular weight is 266 g/mol. The van der Waals surface area contributed by atoms with Crippen LogP contribution in [0.5, 0.6) is 0 Å². The molecule has 0 aromatic carbocycles. The molecule has 0 bridgehead atoms. The van der Waals surface area contributed by atoms with Crippen LogP contribution in [-0.2, 0) is 6.54 Å². The van der Waals surface area contributed by atoms with E-state index in [1.165, 1.54) is 38.5 Å². The van der Waals surface area contributed by atoms with E-state index in [1.54, 1.807) is 4.57 Å². The number of nitrogens with zero attached hydrogens (tertiary/aromatic N) is 4. The third kappa shape index (κ3) is 3.76. The Labute approximate surface area is 113 Å². The van der Waals surface area contributed by atoms with Crippen LogP contribution in [0.1, 0.15) is 37.9 Å². The van der Waals surface area contributed by atoms with Gasteiger partial charge in [-0.05, 0) is 50.2 Å². The van der Waals surface area contributed by atoms with Crippen molar-refractivity contribution in [1.82, 2.24) is 14.5 Å². The van der Waals surface area contributed by atoms with Crippen LogP contribution in [0.25, 0.3) is 0 Å². The molecule has 19 heavy (non-hydrogen) atoms. The molecule has 2 heterocycles. The first-order valence-electron chi connectivity index (χ1n) is 7.07. The molecule has 0 aliphatic carbocycles.